The standard InChI is InChI=1S/C9H10ClNO/c1-6-2-3-12-8-4-9(10)11-5-7(6)8/h4-6H,2-3H2,1H3/t6-/m1/s1. The maximum atomic E-state index is 5.73. The highest BCUT2D eigenvalue weighted by Gasteiger charge is 2.17. The number of pyridine rings is 1. The summed E-state index contributed by atoms with van der Waals surface area (Å²) in [7, 11) is 0. The molecule has 0 amide bonds. The average molecular weight is 184 g/mol. The molecule has 1 aliphatic heterocycles. The van der Waals surface area contributed by atoms with Crippen LogP contribution in [0, 0.1) is 0 Å². The van der Waals surface area contributed by atoms with Crippen molar-refractivity contribution in [1.29, 1.82) is 0 Å². The minimum Gasteiger partial charge on any atom is -0.493 e. The largest absolute Gasteiger partial charge is 0.493 e. The molecule has 0 N–H and O–H groups in total. The second-order valence-electron chi connectivity index (χ2n) is 3.08. The molecule has 0 aromatic carbocycles. The van der Waals surface area contributed by atoms with Crippen LogP contribution in [0.2, 0.25) is 5.15 Å². The molecule has 0 unspecified atom stereocenters. The van der Waals surface area contributed by atoms with Gasteiger partial charge in [0.15, 0.2) is 0 Å². The lowest BCUT2D eigenvalue weighted by molar-refractivity contribution is 0.271. The van der Waals surface area contributed by atoms with Crippen molar-refractivity contribution in [2.24, 2.45) is 0 Å². The van der Waals surface area contributed by atoms with Crippen LogP contribution in [0.25, 0.3) is 0 Å². The fourth-order valence-corrected chi connectivity index (χ4v) is 1.57. The van der Waals surface area contributed by atoms with Crippen LogP contribution in [0.3, 0.4) is 0 Å². The Labute approximate surface area is 76.5 Å². The molecule has 0 saturated heterocycles. The van der Waals surface area contributed by atoms with E-state index in [1.54, 1.807) is 6.07 Å². The van der Waals surface area contributed by atoms with Crippen LogP contribution in [0.15, 0.2) is 12.3 Å². The normalized spacial score (nSPS) is 21.3. The van der Waals surface area contributed by atoms with Crippen molar-refractivity contribution in [3.63, 3.8) is 0 Å². The van der Waals surface area contributed by atoms with E-state index in [0.717, 1.165) is 18.8 Å². The van der Waals surface area contributed by atoms with E-state index in [1.807, 2.05) is 6.20 Å². The monoisotopic (exact) mass is 183 g/mol. The van der Waals surface area contributed by atoms with Gasteiger partial charge in [0.25, 0.3) is 0 Å². The van der Waals surface area contributed by atoms with Gasteiger partial charge >= 0.3 is 0 Å². The molecule has 2 nitrogen and oxygen atoms in total. The Hall–Kier alpha value is -0.760. The molecule has 64 valence electrons. The third kappa shape index (κ3) is 1.27. The average Bonchev–Trinajstić information content (AvgIpc) is 2.04. The molecule has 1 atom stereocenters. The minimum atomic E-state index is 0.503. The lowest BCUT2D eigenvalue weighted by Crippen LogP contribution is -2.12. The van der Waals surface area contributed by atoms with Crippen LogP contribution in [-0.4, -0.2) is 11.6 Å². The van der Waals surface area contributed by atoms with Crippen molar-refractivity contribution in [3.8, 4) is 5.75 Å². The van der Waals surface area contributed by atoms with E-state index < -0.39 is 0 Å². The van der Waals surface area contributed by atoms with E-state index in [2.05, 4.69) is 11.9 Å². The Morgan fingerprint density at radius 2 is 2.50 bits per heavy atom. The summed E-state index contributed by atoms with van der Waals surface area (Å²) in [5.74, 6) is 1.44. The SMILES string of the molecule is C[C@@H]1CCOc2cc(Cl)ncc21. The first-order valence-corrected chi connectivity index (χ1v) is 4.43. The van der Waals surface area contributed by atoms with Gasteiger partial charge in [-0.3, -0.25) is 0 Å². The van der Waals surface area contributed by atoms with Gasteiger partial charge in [0.05, 0.1) is 6.61 Å². The molecular formula is C9H10ClNO. The van der Waals surface area contributed by atoms with Gasteiger partial charge in [-0.05, 0) is 12.3 Å². The lowest BCUT2D eigenvalue weighted by Gasteiger charge is -2.22. The van der Waals surface area contributed by atoms with Crippen LogP contribution in [0.5, 0.6) is 5.75 Å². The van der Waals surface area contributed by atoms with E-state index in [1.165, 1.54) is 5.56 Å². The third-order valence-electron chi connectivity index (χ3n) is 2.20. The highest BCUT2D eigenvalue weighted by atomic mass is 35.5. The van der Waals surface area contributed by atoms with Crippen LogP contribution < -0.4 is 4.74 Å². The molecule has 0 bridgehead atoms. The fraction of sp³-hybridized carbons (Fsp3) is 0.444. The van der Waals surface area contributed by atoms with Gasteiger partial charge in [0, 0.05) is 17.8 Å². The summed E-state index contributed by atoms with van der Waals surface area (Å²) in [6, 6.07) is 1.78. The van der Waals surface area contributed by atoms with E-state index in [4.69, 9.17) is 16.3 Å². The summed E-state index contributed by atoms with van der Waals surface area (Å²) >= 11 is 5.73. The molecule has 1 aliphatic rings. The van der Waals surface area contributed by atoms with Gasteiger partial charge in [-0.1, -0.05) is 18.5 Å². The number of ether oxygens (including phenoxy) is 1. The summed E-state index contributed by atoms with van der Waals surface area (Å²) in [6.45, 7) is 2.96. The van der Waals surface area contributed by atoms with Crippen LogP contribution in [0.4, 0.5) is 0 Å². The van der Waals surface area contributed by atoms with Gasteiger partial charge in [-0.15, -0.1) is 0 Å². The molecular weight excluding hydrogens is 174 g/mol. The van der Waals surface area contributed by atoms with E-state index >= 15 is 0 Å². The second kappa shape index (κ2) is 2.94. The zero-order valence-electron chi connectivity index (χ0n) is 6.88. The van der Waals surface area contributed by atoms with Gasteiger partial charge in [-0.2, -0.15) is 0 Å². The Bertz CT molecular complexity index is 301. The Balaban J connectivity index is 2.46. The van der Waals surface area contributed by atoms with Crippen LogP contribution >= 0.6 is 11.6 Å². The van der Waals surface area contributed by atoms with Gasteiger partial charge < -0.3 is 4.74 Å². The summed E-state index contributed by atoms with van der Waals surface area (Å²) in [5, 5.41) is 0.503. The Morgan fingerprint density at radius 3 is 3.33 bits per heavy atom. The van der Waals surface area contributed by atoms with Gasteiger partial charge in [0.2, 0.25) is 0 Å². The highest BCUT2D eigenvalue weighted by molar-refractivity contribution is 6.29. The van der Waals surface area contributed by atoms with Gasteiger partial charge in [-0.25, -0.2) is 4.98 Å². The zero-order chi connectivity index (χ0) is 8.55. The van der Waals surface area contributed by atoms with Crippen molar-refractivity contribution in [2.75, 3.05) is 6.61 Å². The number of aromatic nitrogens is 1. The second-order valence-corrected chi connectivity index (χ2v) is 3.47. The first-order chi connectivity index (χ1) is 5.77. The lowest BCUT2D eigenvalue weighted by atomic mass is 9.97. The molecule has 1 aromatic heterocycles. The predicted molar refractivity (Wildman–Crippen MR) is 47.8 cm³/mol. The Morgan fingerprint density at radius 1 is 1.67 bits per heavy atom. The minimum absolute atomic E-state index is 0.503. The van der Waals surface area contributed by atoms with E-state index in [0.29, 0.717) is 11.1 Å². The quantitative estimate of drug-likeness (QED) is 0.577. The molecule has 3 heteroatoms. The van der Waals surface area contributed by atoms with E-state index in [-0.39, 0.29) is 0 Å². The Kier molecular flexibility index (Phi) is 1.93. The summed E-state index contributed by atoms with van der Waals surface area (Å²) in [4.78, 5) is 4.03. The van der Waals surface area contributed by atoms with E-state index in [9.17, 15) is 0 Å². The van der Waals surface area contributed by atoms with Crippen LogP contribution in [-0.2, 0) is 0 Å². The smallest absolute Gasteiger partial charge is 0.132 e. The molecule has 0 saturated carbocycles. The van der Waals surface area contributed by atoms with Gasteiger partial charge in [0.1, 0.15) is 10.9 Å². The number of nitrogens with zero attached hydrogens (tertiary/aromatic N) is 1. The maximum absolute atomic E-state index is 5.73. The number of hydrogen-bond donors (Lipinski definition) is 0. The predicted octanol–water partition coefficient (Wildman–Crippen LogP) is 2.62. The topological polar surface area (TPSA) is 22.1 Å². The fourth-order valence-electron chi connectivity index (χ4n) is 1.42. The molecule has 0 radical (unpaired) electrons. The van der Waals surface area contributed by atoms with Crippen molar-refractivity contribution < 1.29 is 4.74 Å². The molecule has 2 rings (SSSR count). The molecule has 2 heterocycles. The molecule has 0 fully saturated rings. The number of hydrogen-bond acceptors (Lipinski definition) is 2. The number of fused-ring (bicyclic) bond motifs is 1. The van der Waals surface area contributed by atoms with Crippen molar-refractivity contribution in [3.05, 3.63) is 23.0 Å². The molecule has 12 heavy (non-hydrogen) atoms. The van der Waals surface area contributed by atoms with Crippen molar-refractivity contribution in [2.45, 2.75) is 19.3 Å². The summed E-state index contributed by atoms with van der Waals surface area (Å²) in [5.41, 5.74) is 1.17. The highest BCUT2D eigenvalue weighted by Crippen LogP contribution is 2.33. The molecule has 1 aromatic rings. The van der Waals surface area contributed by atoms with Crippen molar-refractivity contribution >= 4 is 11.6 Å². The maximum Gasteiger partial charge on any atom is 0.132 e. The zero-order valence-corrected chi connectivity index (χ0v) is 7.64. The molecule has 0 spiro atoms. The summed E-state index contributed by atoms with van der Waals surface area (Å²) in [6.07, 6.45) is 2.87. The first-order valence-electron chi connectivity index (χ1n) is 4.05. The van der Waals surface area contributed by atoms with Crippen LogP contribution in [0.1, 0.15) is 24.8 Å². The number of rotatable bonds is 0. The molecule has 0 aliphatic carbocycles. The first kappa shape index (κ1) is 7.87. The van der Waals surface area contributed by atoms with Crippen molar-refractivity contribution in [1.82, 2.24) is 4.98 Å². The summed E-state index contributed by atoms with van der Waals surface area (Å²) < 4.78 is 5.45. The third-order valence-corrected chi connectivity index (χ3v) is 2.41. The number of halogens is 1.